The van der Waals surface area contributed by atoms with E-state index in [1.807, 2.05) is 18.3 Å². The van der Waals surface area contributed by atoms with Crippen LogP contribution in [0.4, 0.5) is 0 Å². The van der Waals surface area contributed by atoms with Crippen molar-refractivity contribution < 1.29 is 0 Å². The standard InChI is InChI=1S/C14H21N3S2/c1-4-6-15-8-12-11(5-2)17-14(19-12)7-13-16-10(3)9-18-13/h9,15H,4-8H2,1-3H3. The second kappa shape index (κ2) is 7.12. The van der Waals surface area contributed by atoms with E-state index in [-0.39, 0.29) is 0 Å². The molecule has 2 heterocycles. The number of rotatable bonds is 7. The van der Waals surface area contributed by atoms with Gasteiger partial charge in [0.05, 0.1) is 22.1 Å². The second-order valence-corrected chi connectivity index (χ2v) is 6.68. The van der Waals surface area contributed by atoms with E-state index in [2.05, 4.69) is 29.5 Å². The zero-order chi connectivity index (χ0) is 13.7. The van der Waals surface area contributed by atoms with Crippen LogP contribution in [0.2, 0.25) is 0 Å². The van der Waals surface area contributed by atoms with Crippen LogP contribution in [0.25, 0.3) is 0 Å². The van der Waals surface area contributed by atoms with E-state index in [0.29, 0.717) is 0 Å². The summed E-state index contributed by atoms with van der Waals surface area (Å²) in [7, 11) is 0. The minimum absolute atomic E-state index is 0.879. The van der Waals surface area contributed by atoms with Crippen LogP contribution in [0.15, 0.2) is 5.38 Å². The van der Waals surface area contributed by atoms with E-state index in [4.69, 9.17) is 4.98 Å². The van der Waals surface area contributed by atoms with Gasteiger partial charge in [0, 0.05) is 22.5 Å². The van der Waals surface area contributed by atoms with E-state index in [1.54, 1.807) is 11.3 Å². The number of hydrogen-bond acceptors (Lipinski definition) is 5. The van der Waals surface area contributed by atoms with Gasteiger partial charge in [-0.1, -0.05) is 13.8 Å². The van der Waals surface area contributed by atoms with Crippen LogP contribution in [0.3, 0.4) is 0 Å². The topological polar surface area (TPSA) is 37.8 Å². The summed E-state index contributed by atoms with van der Waals surface area (Å²) in [5.41, 5.74) is 2.36. The molecule has 0 aliphatic rings. The first-order chi connectivity index (χ1) is 9.22. The summed E-state index contributed by atoms with van der Waals surface area (Å²) in [6.45, 7) is 8.43. The molecule has 0 aromatic carbocycles. The summed E-state index contributed by atoms with van der Waals surface area (Å²) in [6, 6.07) is 0. The maximum Gasteiger partial charge on any atom is 0.0999 e. The van der Waals surface area contributed by atoms with Crippen LogP contribution >= 0.6 is 22.7 Å². The average Bonchev–Trinajstić information content (AvgIpc) is 2.97. The lowest BCUT2D eigenvalue weighted by Gasteiger charge is -2.01. The Morgan fingerprint density at radius 2 is 2.05 bits per heavy atom. The van der Waals surface area contributed by atoms with Gasteiger partial charge in [0.15, 0.2) is 0 Å². The Labute approximate surface area is 123 Å². The lowest BCUT2D eigenvalue weighted by molar-refractivity contribution is 0.676. The molecule has 1 N–H and O–H groups in total. The fraction of sp³-hybridized carbons (Fsp3) is 0.571. The first kappa shape index (κ1) is 14.6. The highest BCUT2D eigenvalue weighted by molar-refractivity contribution is 7.12. The third-order valence-electron chi connectivity index (χ3n) is 2.84. The van der Waals surface area contributed by atoms with E-state index >= 15 is 0 Å². The van der Waals surface area contributed by atoms with Gasteiger partial charge in [0.2, 0.25) is 0 Å². The summed E-state index contributed by atoms with van der Waals surface area (Å²) in [5, 5.41) is 7.93. The van der Waals surface area contributed by atoms with Crippen molar-refractivity contribution in [3.05, 3.63) is 31.7 Å². The molecular weight excluding hydrogens is 274 g/mol. The predicted molar refractivity (Wildman–Crippen MR) is 83.1 cm³/mol. The largest absolute Gasteiger partial charge is 0.312 e. The van der Waals surface area contributed by atoms with E-state index in [0.717, 1.165) is 31.6 Å². The monoisotopic (exact) mass is 295 g/mol. The summed E-state index contributed by atoms with van der Waals surface area (Å²) in [6.07, 6.45) is 3.06. The molecule has 0 aliphatic carbocycles. The smallest absolute Gasteiger partial charge is 0.0999 e. The van der Waals surface area contributed by atoms with Gasteiger partial charge in [-0.3, -0.25) is 0 Å². The molecule has 2 aromatic heterocycles. The molecule has 0 saturated heterocycles. The molecule has 0 fully saturated rings. The van der Waals surface area contributed by atoms with E-state index in [9.17, 15) is 0 Å². The third-order valence-corrected chi connectivity index (χ3v) is 4.90. The van der Waals surface area contributed by atoms with Gasteiger partial charge in [0.25, 0.3) is 0 Å². The van der Waals surface area contributed by atoms with Crippen molar-refractivity contribution >= 4 is 22.7 Å². The quantitative estimate of drug-likeness (QED) is 0.794. The molecule has 0 unspecified atom stereocenters. The Kier molecular flexibility index (Phi) is 5.48. The average molecular weight is 295 g/mol. The van der Waals surface area contributed by atoms with Gasteiger partial charge in [-0.05, 0) is 26.3 Å². The first-order valence-electron chi connectivity index (χ1n) is 6.82. The molecule has 3 nitrogen and oxygen atoms in total. The zero-order valence-electron chi connectivity index (χ0n) is 11.8. The van der Waals surface area contributed by atoms with Crippen molar-refractivity contribution in [2.24, 2.45) is 0 Å². The normalized spacial score (nSPS) is 11.1. The Morgan fingerprint density at radius 1 is 1.21 bits per heavy atom. The molecular formula is C14H21N3S2. The summed E-state index contributed by atoms with van der Waals surface area (Å²) in [4.78, 5) is 10.7. The molecule has 0 amide bonds. The molecule has 2 aromatic rings. The lowest BCUT2D eigenvalue weighted by atomic mass is 10.3. The number of aromatic nitrogens is 2. The van der Waals surface area contributed by atoms with Crippen LogP contribution < -0.4 is 5.32 Å². The molecule has 0 bridgehead atoms. The Morgan fingerprint density at radius 3 is 2.68 bits per heavy atom. The van der Waals surface area contributed by atoms with Crippen LogP contribution in [-0.4, -0.2) is 16.5 Å². The SMILES string of the molecule is CCCNCc1sc(Cc2nc(C)cs2)nc1CC. The molecule has 0 radical (unpaired) electrons. The minimum Gasteiger partial charge on any atom is -0.312 e. The van der Waals surface area contributed by atoms with Crippen molar-refractivity contribution in [3.8, 4) is 0 Å². The number of nitrogens with one attached hydrogen (secondary N) is 1. The van der Waals surface area contributed by atoms with Crippen LogP contribution in [0, 0.1) is 6.92 Å². The van der Waals surface area contributed by atoms with Gasteiger partial charge in [0.1, 0.15) is 0 Å². The van der Waals surface area contributed by atoms with Crippen molar-refractivity contribution in [1.29, 1.82) is 0 Å². The van der Waals surface area contributed by atoms with E-state index < -0.39 is 0 Å². The predicted octanol–water partition coefficient (Wildman–Crippen LogP) is 3.56. The van der Waals surface area contributed by atoms with Gasteiger partial charge in [-0.2, -0.15) is 0 Å². The Balaban J connectivity index is 2.05. The highest BCUT2D eigenvalue weighted by atomic mass is 32.1. The van der Waals surface area contributed by atoms with Crippen LogP contribution in [0.5, 0.6) is 0 Å². The van der Waals surface area contributed by atoms with Crippen LogP contribution in [-0.2, 0) is 19.4 Å². The van der Waals surface area contributed by atoms with Crippen molar-refractivity contribution in [1.82, 2.24) is 15.3 Å². The number of nitrogens with zero attached hydrogens (tertiary/aromatic N) is 2. The highest BCUT2D eigenvalue weighted by Gasteiger charge is 2.11. The molecule has 104 valence electrons. The Hall–Kier alpha value is -0.780. The van der Waals surface area contributed by atoms with Gasteiger partial charge >= 0.3 is 0 Å². The maximum absolute atomic E-state index is 4.76. The number of hydrogen-bond donors (Lipinski definition) is 1. The van der Waals surface area contributed by atoms with Gasteiger partial charge in [-0.15, -0.1) is 22.7 Å². The van der Waals surface area contributed by atoms with Gasteiger partial charge < -0.3 is 5.32 Å². The summed E-state index contributed by atoms with van der Waals surface area (Å²) < 4.78 is 0. The zero-order valence-corrected chi connectivity index (χ0v) is 13.5. The molecule has 0 spiro atoms. The van der Waals surface area contributed by atoms with Crippen molar-refractivity contribution in [2.75, 3.05) is 6.54 Å². The maximum atomic E-state index is 4.76. The third kappa shape index (κ3) is 4.09. The molecule has 19 heavy (non-hydrogen) atoms. The summed E-state index contributed by atoms with van der Waals surface area (Å²) in [5.74, 6) is 0. The number of aryl methyl sites for hydroxylation is 2. The molecule has 0 atom stereocenters. The first-order valence-corrected chi connectivity index (χ1v) is 8.51. The van der Waals surface area contributed by atoms with Crippen molar-refractivity contribution in [2.45, 2.75) is 46.6 Å². The Bertz CT molecular complexity index is 516. The van der Waals surface area contributed by atoms with Crippen LogP contribution in [0.1, 0.15) is 46.5 Å². The fourth-order valence-corrected chi connectivity index (χ4v) is 3.92. The number of thiazole rings is 2. The molecule has 5 heteroatoms. The minimum atomic E-state index is 0.879. The van der Waals surface area contributed by atoms with Crippen molar-refractivity contribution in [3.63, 3.8) is 0 Å². The summed E-state index contributed by atoms with van der Waals surface area (Å²) >= 11 is 3.56. The molecule has 0 aliphatic heterocycles. The fourth-order valence-electron chi connectivity index (χ4n) is 1.92. The lowest BCUT2D eigenvalue weighted by Crippen LogP contribution is -2.13. The highest BCUT2D eigenvalue weighted by Crippen LogP contribution is 2.23. The molecule has 0 saturated carbocycles. The second-order valence-electron chi connectivity index (χ2n) is 4.57. The van der Waals surface area contributed by atoms with Gasteiger partial charge in [-0.25, -0.2) is 9.97 Å². The molecule has 2 rings (SSSR count). The van der Waals surface area contributed by atoms with E-state index in [1.165, 1.54) is 27.0 Å².